The van der Waals surface area contributed by atoms with E-state index < -0.39 is 5.97 Å². The third-order valence-electron chi connectivity index (χ3n) is 2.63. The van der Waals surface area contributed by atoms with Gasteiger partial charge in [-0.3, -0.25) is 4.79 Å². The number of carbonyl (C=O) groups is 2. The first-order valence-corrected chi connectivity index (χ1v) is 7.06. The van der Waals surface area contributed by atoms with E-state index in [0.29, 0.717) is 11.3 Å². The van der Waals surface area contributed by atoms with E-state index in [1.165, 1.54) is 24.5 Å². The lowest BCUT2D eigenvalue weighted by Crippen LogP contribution is -2.12. The van der Waals surface area contributed by atoms with E-state index in [1.807, 2.05) is 12.3 Å². The van der Waals surface area contributed by atoms with Crippen molar-refractivity contribution < 1.29 is 14.3 Å². The van der Waals surface area contributed by atoms with Gasteiger partial charge in [0.25, 0.3) is 0 Å². The van der Waals surface area contributed by atoms with Crippen molar-refractivity contribution in [3.05, 3.63) is 52.0 Å². The number of carbonyl (C=O) groups excluding carboxylic acids is 2. The van der Waals surface area contributed by atoms with Crippen molar-refractivity contribution in [2.24, 2.45) is 0 Å². The fourth-order valence-electron chi connectivity index (χ4n) is 1.67. The van der Waals surface area contributed by atoms with Gasteiger partial charge in [0, 0.05) is 11.5 Å². The molecule has 0 aliphatic carbocycles. The van der Waals surface area contributed by atoms with E-state index in [1.54, 1.807) is 30.3 Å². The molecule has 6 heteroatoms. The van der Waals surface area contributed by atoms with E-state index in [4.69, 9.17) is 0 Å². The number of nitrogens with one attached hydrogen (secondary N) is 1. The number of nitrogens with zero attached hydrogens (tertiary/aromatic N) is 1. The molecule has 0 spiro atoms. The van der Waals surface area contributed by atoms with Crippen LogP contribution in [0.1, 0.15) is 21.1 Å². The van der Waals surface area contributed by atoms with E-state index in [0.717, 1.165) is 10.7 Å². The Balaban J connectivity index is 2.09. The lowest BCUT2D eigenvalue weighted by Gasteiger charge is -2.07. The molecule has 1 amide bonds. The molecule has 1 aromatic heterocycles. The normalized spacial score (nSPS) is 10.6. The second-order valence-electron chi connectivity index (χ2n) is 4.15. The number of para-hydroxylation sites is 1. The number of esters is 1. The molecule has 0 saturated heterocycles. The fraction of sp³-hybridized carbons (Fsp3) is 0.133. The molecular weight excluding hydrogens is 288 g/mol. The summed E-state index contributed by atoms with van der Waals surface area (Å²) >= 11 is 1.51. The van der Waals surface area contributed by atoms with Crippen LogP contribution in [-0.2, 0) is 9.53 Å². The smallest absolute Gasteiger partial charge is 0.339 e. The van der Waals surface area contributed by atoms with Crippen LogP contribution in [0.15, 0.2) is 35.7 Å². The van der Waals surface area contributed by atoms with Crippen molar-refractivity contribution in [2.45, 2.75) is 6.92 Å². The summed E-state index contributed by atoms with van der Waals surface area (Å²) in [4.78, 5) is 27.7. The summed E-state index contributed by atoms with van der Waals surface area (Å²) in [7, 11) is 1.30. The summed E-state index contributed by atoms with van der Waals surface area (Å²) in [5.74, 6) is -0.831. The highest BCUT2D eigenvalue weighted by Crippen LogP contribution is 2.16. The molecule has 1 N–H and O–H groups in total. The third-order valence-corrected chi connectivity index (χ3v) is 3.42. The van der Waals surface area contributed by atoms with E-state index in [9.17, 15) is 9.59 Å². The van der Waals surface area contributed by atoms with Crippen molar-refractivity contribution in [1.29, 1.82) is 0 Å². The summed E-state index contributed by atoms with van der Waals surface area (Å²) < 4.78 is 4.67. The van der Waals surface area contributed by atoms with Gasteiger partial charge >= 0.3 is 5.97 Å². The molecule has 21 heavy (non-hydrogen) atoms. The zero-order chi connectivity index (χ0) is 15.2. The molecule has 0 radical (unpaired) electrons. The lowest BCUT2D eigenvalue weighted by atomic mass is 10.2. The van der Waals surface area contributed by atoms with Gasteiger partial charge in [0.05, 0.1) is 29.1 Å². The molecule has 0 bridgehead atoms. The van der Waals surface area contributed by atoms with Crippen molar-refractivity contribution >= 4 is 35.0 Å². The van der Waals surface area contributed by atoms with Gasteiger partial charge in [0.15, 0.2) is 0 Å². The van der Waals surface area contributed by atoms with E-state index in [-0.39, 0.29) is 5.91 Å². The molecule has 2 rings (SSSR count). The van der Waals surface area contributed by atoms with Gasteiger partial charge in [-0.25, -0.2) is 9.78 Å². The topological polar surface area (TPSA) is 68.3 Å². The van der Waals surface area contributed by atoms with Gasteiger partial charge in [-0.15, -0.1) is 11.3 Å². The van der Waals surface area contributed by atoms with E-state index >= 15 is 0 Å². The number of benzene rings is 1. The SMILES string of the molecule is COC(=O)c1ccccc1NC(=O)/C=C/c1csc(C)n1. The molecule has 5 nitrogen and oxygen atoms in total. The van der Waals surface area contributed by atoms with Crippen LogP contribution in [0.5, 0.6) is 0 Å². The quantitative estimate of drug-likeness (QED) is 0.696. The number of amides is 1. The first kappa shape index (κ1) is 14.9. The van der Waals surface area contributed by atoms with Crippen molar-refractivity contribution in [1.82, 2.24) is 4.98 Å². The van der Waals surface area contributed by atoms with Gasteiger partial charge < -0.3 is 10.1 Å². The number of aryl methyl sites for hydroxylation is 1. The first-order valence-electron chi connectivity index (χ1n) is 6.18. The Morgan fingerprint density at radius 3 is 2.76 bits per heavy atom. The summed E-state index contributed by atoms with van der Waals surface area (Å²) in [6.07, 6.45) is 3.00. The van der Waals surface area contributed by atoms with E-state index in [2.05, 4.69) is 15.0 Å². The average Bonchev–Trinajstić information content (AvgIpc) is 2.90. The maximum Gasteiger partial charge on any atom is 0.339 e. The molecule has 1 aromatic carbocycles. The Kier molecular flexibility index (Phi) is 4.84. The largest absolute Gasteiger partial charge is 0.465 e. The zero-order valence-electron chi connectivity index (χ0n) is 11.6. The summed E-state index contributed by atoms with van der Waals surface area (Å²) in [6.45, 7) is 1.90. The molecule has 0 aliphatic heterocycles. The van der Waals surface area contributed by atoms with Crippen LogP contribution in [0, 0.1) is 6.92 Å². The van der Waals surface area contributed by atoms with Crippen LogP contribution < -0.4 is 5.32 Å². The molecule has 0 fully saturated rings. The maximum absolute atomic E-state index is 11.9. The second-order valence-corrected chi connectivity index (χ2v) is 5.21. The summed E-state index contributed by atoms with van der Waals surface area (Å²) in [6, 6.07) is 6.67. The first-order chi connectivity index (χ1) is 10.1. The Hall–Kier alpha value is -2.47. The van der Waals surface area contributed by atoms with Crippen LogP contribution in [0.3, 0.4) is 0 Å². The van der Waals surface area contributed by atoms with Crippen LogP contribution in [0.4, 0.5) is 5.69 Å². The van der Waals surface area contributed by atoms with Gasteiger partial charge in [0.1, 0.15) is 0 Å². The summed E-state index contributed by atoms with van der Waals surface area (Å²) in [5, 5.41) is 5.45. The molecule has 0 atom stereocenters. The highest BCUT2D eigenvalue weighted by Gasteiger charge is 2.11. The third kappa shape index (κ3) is 4.00. The number of rotatable bonds is 4. The molecule has 2 aromatic rings. The molecule has 1 heterocycles. The van der Waals surface area contributed by atoms with Gasteiger partial charge in [0.2, 0.25) is 5.91 Å². The lowest BCUT2D eigenvalue weighted by molar-refractivity contribution is -0.111. The van der Waals surface area contributed by atoms with Crippen molar-refractivity contribution in [3.8, 4) is 0 Å². The standard InChI is InChI=1S/C15H14N2O3S/c1-10-16-11(9-21-10)7-8-14(18)17-13-6-4-3-5-12(13)15(19)20-2/h3-9H,1-2H3,(H,17,18)/b8-7+. The second kappa shape index (κ2) is 6.81. The van der Waals surface area contributed by atoms with Crippen LogP contribution in [0.25, 0.3) is 6.08 Å². The Bertz CT molecular complexity index is 692. The average molecular weight is 302 g/mol. The number of thiazole rings is 1. The molecule has 0 aliphatic rings. The number of aromatic nitrogens is 1. The number of hydrogen-bond donors (Lipinski definition) is 1. The maximum atomic E-state index is 11.9. The Labute approximate surface area is 126 Å². The number of ether oxygens (including phenoxy) is 1. The van der Waals surface area contributed by atoms with Gasteiger partial charge in [-0.1, -0.05) is 12.1 Å². The summed E-state index contributed by atoms with van der Waals surface area (Å²) in [5.41, 5.74) is 1.45. The van der Waals surface area contributed by atoms with Crippen molar-refractivity contribution in [3.63, 3.8) is 0 Å². The van der Waals surface area contributed by atoms with Crippen molar-refractivity contribution in [2.75, 3.05) is 12.4 Å². The van der Waals surface area contributed by atoms with Gasteiger partial charge in [-0.2, -0.15) is 0 Å². The van der Waals surface area contributed by atoms with Gasteiger partial charge in [-0.05, 0) is 25.1 Å². The minimum atomic E-state index is -0.495. The zero-order valence-corrected chi connectivity index (χ0v) is 12.4. The number of anilines is 1. The highest BCUT2D eigenvalue weighted by molar-refractivity contribution is 7.09. The molecular formula is C15H14N2O3S. The van der Waals surface area contributed by atoms with Crippen LogP contribution >= 0.6 is 11.3 Å². The Morgan fingerprint density at radius 1 is 1.33 bits per heavy atom. The fourth-order valence-corrected chi connectivity index (χ4v) is 2.25. The van der Waals surface area contributed by atoms with Crippen LogP contribution in [-0.4, -0.2) is 24.0 Å². The Morgan fingerprint density at radius 2 is 2.10 bits per heavy atom. The minimum Gasteiger partial charge on any atom is -0.465 e. The predicted molar refractivity (Wildman–Crippen MR) is 82.3 cm³/mol. The molecule has 0 unspecified atom stereocenters. The predicted octanol–water partition coefficient (Wildman–Crippen LogP) is 2.89. The minimum absolute atomic E-state index is 0.311. The molecule has 0 saturated carbocycles. The molecule has 108 valence electrons. The number of methoxy groups -OCH3 is 1. The van der Waals surface area contributed by atoms with Crippen LogP contribution in [0.2, 0.25) is 0 Å². The number of hydrogen-bond acceptors (Lipinski definition) is 5. The monoisotopic (exact) mass is 302 g/mol. The highest BCUT2D eigenvalue weighted by atomic mass is 32.1.